The zero-order valence-corrected chi connectivity index (χ0v) is 9.99. The molecule has 3 heteroatoms. The third kappa shape index (κ3) is 2.39. The number of rotatable bonds is 4. The van der Waals surface area contributed by atoms with E-state index in [2.05, 4.69) is 11.9 Å². The molecule has 0 aliphatic carbocycles. The summed E-state index contributed by atoms with van der Waals surface area (Å²) < 4.78 is 0. The second-order valence-electron chi connectivity index (χ2n) is 4.28. The molecule has 1 aromatic carbocycles. The quantitative estimate of drug-likeness (QED) is 0.848. The molecule has 3 nitrogen and oxygen atoms in total. The van der Waals surface area contributed by atoms with Crippen LogP contribution in [0.2, 0.25) is 0 Å². The number of aromatic amines is 1. The maximum atomic E-state index is 12.2. The van der Waals surface area contributed by atoms with Gasteiger partial charge in [-0.2, -0.15) is 0 Å². The molecular formula is C14H17NO2. The number of nitrogens with one attached hydrogen (secondary N) is 1. The molecule has 1 aromatic heterocycles. The first-order valence-electron chi connectivity index (χ1n) is 6.00. The van der Waals surface area contributed by atoms with Crippen LogP contribution in [0.3, 0.4) is 0 Å². The van der Waals surface area contributed by atoms with Gasteiger partial charge in [-0.15, -0.1) is 0 Å². The van der Waals surface area contributed by atoms with E-state index in [-0.39, 0.29) is 12.0 Å². The van der Waals surface area contributed by atoms with Crippen LogP contribution < -0.4 is 5.43 Å². The number of benzene rings is 1. The SMILES string of the molecule is CCCCc1c[nH]c2cc(CO)ccc2c1=O. The highest BCUT2D eigenvalue weighted by Crippen LogP contribution is 2.12. The van der Waals surface area contributed by atoms with Crippen LogP contribution in [0.15, 0.2) is 29.2 Å². The van der Waals surface area contributed by atoms with Gasteiger partial charge in [0.2, 0.25) is 0 Å². The van der Waals surface area contributed by atoms with E-state index in [1.54, 1.807) is 18.3 Å². The van der Waals surface area contributed by atoms with E-state index in [4.69, 9.17) is 5.11 Å². The van der Waals surface area contributed by atoms with Crippen molar-refractivity contribution < 1.29 is 5.11 Å². The zero-order chi connectivity index (χ0) is 12.3. The van der Waals surface area contributed by atoms with Gasteiger partial charge in [-0.3, -0.25) is 4.79 Å². The van der Waals surface area contributed by atoms with Crippen molar-refractivity contribution in [2.24, 2.45) is 0 Å². The van der Waals surface area contributed by atoms with Crippen LogP contribution in [-0.2, 0) is 13.0 Å². The highest BCUT2D eigenvalue weighted by Gasteiger charge is 2.05. The van der Waals surface area contributed by atoms with Crippen molar-refractivity contribution in [3.63, 3.8) is 0 Å². The van der Waals surface area contributed by atoms with Crippen LogP contribution in [0.5, 0.6) is 0 Å². The average Bonchev–Trinajstić information content (AvgIpc) is 2.37. The van der Waals surface area contributed by atoms with E-state index >= 15 is 0 Å². The normalized spacial score (nSPS) is 10.9. The van der Waals surface area contributed by atoms with Crippen LogP contribution in [-0.4, -0.2) is 10.1 Å². The minimum Gasteiger partial charge on any atom is -0.392 e. The maximum Gasteiger partial charge on any atom is 0.192 e. The number of pyridine rings is 1. The Kier molecular flexibility index (Phi) is 3.59. The first kappa shape index (κ1) is 11.9. The number of hydrogen-bond donors (Lipinski definition) is 2. The van der Waals surface area contributed by atoms with Gasteiger partial charge < -0.3 is 10.1 Å². The molecule has 90 valence electrons. The van der Waals surface area contributed by atoms with Crippen molar-refractivity contribution in [3.8, 4) is 0 Å². The molecule has 2 N–H and O–H groups in total. The minimum atomic E-state index is -0.00441. The van der Waals surface area contributed by atoms with E-state index in [9.17, 15) is 4.79 Å². The summed E-state index contributed by atoms with van der Waals surface area (Å²) in [6.45, 7) is 2.11. The van der Waals surface area contributed by atoms with Crippen LogP contribution in [0.4, 0.5) is 0 Å². The summed E-state index contributed by atoms with van der Waals surface area (Å²) in [6, 6.07) is 5.40. The van der Waals surface area contributed by atoms with Crippen molar-refractivity contribution in [1.82, 2.24) is 4.98 Å². The zero-order valence-electron chi connectivity index (χ0n) is 9.99. The third-order valence-corrected chi connectivity index (χ3v) is 3.00. The highest BCUT2D eigenvalue weighted by molar-refractivity contribution is 5.79. The summed E-state index contributed by atoms with van der Waals surface area (Å²) in [5.74, 6) is 0. The molecule has 2 aromatic rings. The fraction of sp³-hybridized carbons (Fsp3) is 0.357. The molecule has 0 aliphatic heterocycles. The lowest BCUT2D eigenvalue weighted by atomic mass is 10.1. The molecule has 0 spiro atoms. The van der Waals surface area contributed by atoms with Gasteiger partial charge >= 0.3 is 0 Å². The second kappa shape index (κ2) is 5.15. The Hall–Kier alpha value is -1.61. The smallest absolute Gasteiger partial charge is 0.192 e. The fourth-order valence-electron chi connectivity index (χ4n) is 1.96. The Morgan fingerprint density at radius 2 is 2.18 bits per heavy atom. The first-order valence-corrected chi connectivity index (χ1v) is 6.00. The molecule has 0 atom stereocenters. The van der Waals surface area contributed by atoms with Gasteiger partial charge in [0.05, 0.1) is 6.61 Å². The molecular weight excluding hydrogens is 214 g/mol. The van der Waals surface area contributed by atoms with Crippen LogP contribution in [0.1, 0.15) is 30.9 Å². The van der Waals surface area contributed by atoms with Crippen LogP contribution in [0.25, 0.3) is 10.9 Å². The standard InChI is InChI=1S/C14H17NO2/c1-2-3-4-11-8-15-13-7-10(9-16)5-6-12(13)14(11)17/h5-8,16H,2-4,9H2,1H3,(H,15,17). The Balaban J connectivity index is 2.49. The molecule has 0 saturated carbocycles. The highest BCUT2D eigenvalue weighted by atomic mass is 16.3. The summed E-state index contributed by atoms with van der Waals surface area (Å²) in [5.41, 5.74) is 2.56. The van der Waals surface area contributed by atoms with Crippen molar-refractivity contribution in [2.45, 2.75) is 32.8 Å². The third-order valence-electron chi connectivity index (χ3n) is 3.00. The number of H-pyrrole nitrogens is 1. The molecule has 0 saturated heterocycles. The molecule has 0 radical (unpaired) electrons. The Morgan fingerprint density at radius 3 is 2.88 bits per heavy atom. The Bertz CT molecular complexity index is 572. The number of aryl methyl sites for hydroxylation is 1. The molecule has 2 rings (SSSR count). The second-order valence-corrected chi connectivity index (χ2v) is 4.28. The molecule has 17 heavy (non-hydrogen) atoms. The summed E-state index contributed by atoms with van der Waals surface area (Å²) in [7, 11) is 0. The number of aromatic nitrogens is 1. The number of fused-ring (bicyclic) bond motifs is 1. The van der Waals surface area contributed by atoms with Crippen molar-refractivity contribution in [3.05, 3.63) is 45.7 Å². The van der Waals surface area contributed by atoms with E-state index in [1.165, 1.54) is 0 Å². The van der Waals surface area contributed by atoms with Gasteiger partial charge in [-0.25, -0.2) is 0 Å². The van der Waals surface area contributed by atoms with Crippen molar-refractivity contribution >= 4 is 10.9 Å². The number of hydrogen-bond acceptors (Lipinski definition) is 2. The average molecular weight is 231 g/mol. The minimum absolute atomic E-state index is 0.00441. The van der Waals surface area contributed by atoms with Crippen molar-refractivity contribution in [2.75, 3.05) is 0 Å². The van der Waals surface area contributed by atoms with E-state index in [1.807, 2.05) is 6.07 Å². The first-order chi connectivity index (χ1) is 8.26. The lowest BCUT2D eigenvalue weighted by Crippen LogP contribution is -2.10. The van der Waals surface area contributed by atoms with Crippen LogP contribution in [0, 0.1) is 0 Å². The predicted octanol–water partition coefficient (Wildman–Crippen LogP) is 2.36. The van der Waals surface area contributed by atoms with Gasteiger partial charge in [0.15, 0.2) is 5.43 Å². The van der Waals surface area contributed by atoms with Crippen molar-refractivity contribution in [1.29, 1.82) is 0 Å². The molecule has 0 aliphatic rings. The van der Waals surface area contributed by atoms with Gasteiger partial charge in [-0.05, 0) is 30.5 Å². The summed E-state index contributed by atoms with van der Waals surface area (Å²) in [5, 5.41) is 9.75. The fourth-order valence-corrected chi connectivity index (χ4v) is 1.96. The predicted molar refractivity (Wildman–Crippen MR) is 69.1 cm³/mol. The number of aliphatic hydroxyl groups excluding tert-OH is 1. The van der Waals surface area contributed by atoms with E-state index < -0.39 is 0 Å². The summed E-state index contributed by atoms with van der Waals surface area (Å²) in [6.07, 6.45) is 4.73. The summed E-state index contributed by atoms with van der Waals surface area (Å²) >= 11 is 0. The molecule has 1 heterocycles. The number of unbranched alkanes of at least 4 members (excludes halogenated alkanes) is 1. The lowest BCUT2D eigenvalue weighted by molar-refractivity contribution is 0.282. The molecule has 0 amide bonds. The molecule has 0 unspecified atom stereocenters. The Morgan fingerprint density at radius 1 is 1.35 bits per heavy atom. The van der Waals surface area contributed by atoms with Gasteiger partial charge in [-0.1, -0.05) is 19.4 Å². The number of aliphatic hydroxyl groups is 1. The molecule has 0 bridgehead atoms. The van der Waals surface area contributed by atoms with Gasteiger partial charge in [0.1, 0.15) is 0 Å². The maximum absolute atomic E-state index is 12.2. The van der Waals surface area contributed by atoms with Gasteiger partial charge in [0, 0.05) is 22.7 Å². The Labute approximate surface area is 100 Å². The largest absolute Gasteiger partial charge is 0.392 e. The van der Waals surface area contributed by atoms with Crippen LogP contribution >= 0.6 is 0 Å². The topological polar surface area (TPSA) is 53.1 Å². The summed E-state index contributed by atoms with van der Waals surface area (Å²) in [4.78, 5) is 15.3. The van der Waals surface area contributed by atoms with E-state index in [0.717, 1.165) is 35.9 Å². The van der Waals surface area contributed by atoms with E-state index in [0.29, 0.717) is 5.39 Å². The van der Waals surface area contributed by atoms with Gasteiger partial charge in [0.25, 0.3) is 0 Å². The molecule has 0 fully saturated rings. The lowest BCUT2D eigenvalue weighted by Gasteiger charge is -2.04. The monoisotopic (exact) mass is 231 g/mol.